The fourth-order valence-corrected chi connectivity index (χ4v) is 2.57. The van der Waals surface area contributed by atoms with Crippen LogP contribution >= 0.6 is 23.4 Å². The van der Waals surface area contributed by atoms with Crippen LogP contribution in [0.15, 0.2) is 40.8 Å². The van der Waals surface area contributed by atoms with Crippen LogP contribution in [0.25, 0.3) is 11.0 Å². The minimum atomic E-state index is 0.366. The van der Waals surface area contributed by atoms with Crippen molar-refractivity contribution in [1.82, 2.24) is 19.9 Å². The van der Waals surface area contributed by atoms with E-state index in [9.17, 15) is 0 Å². The van der Waals surface area contributed by atoms with Crippen molar-refractivity contribution < 1.29 is 4.74 Å². The van der Waals surface area contributed by atoms with Gasteiger partial charge in [-0.15, -0.1) is 0 Å². The van der Waals surface area contributed by atoms with Crippen LogP contribution in [0.4, 0.5) is 0 Å². The van der Waals surface area contributed by atoms with E-state index < -0.39 is 0 Å². The highest BCUT2D eigenvalue weighted by atomic mass is 35.5. The average Bonchev–Trinajstić information content (AvgIpc) is 2.82. The third kappa shape index (κ3) is 2.50. The average molecular weight is 293 g/mol. The van der Waals surface area contributed by atoms with Crippen molar-refractivity contribution in [3.05, 3.63) is 35.7 Å². The summed E-state index contributed by atoms with van der Waals surface area (Å²) in [6.07, 6.45) is 3.15. The minimum Gasteiger partial charge on any atom is -0.497 e. The molecule has 3 aromatic rings. The van der Waals surface area contributed by atoms with Gasteiger partial charge in [-0.25, -0.2) is 15.0 Å². The molecule has 0 atom stereocenters. The van der Waals surface area contributed by atoms with Crippen molar-refractivity contribution in [1.29, 1.82) is 0 Å². The summed E-state index contributed by atoms with van der Waals surface area (Å²) >= 11 is 7.30. The summed E-state index contributed by atoms with van der Waals surface area (Å²) in [7, 11) is 1.63. The van der Waals surface area contributed by atoms with Crippen LogP contribution in [0, 0.1) is 0 Å². The predicted octanol–water partition coefficient (Wildman–Crippen LogP) is 3.17. The lowest BCUT2D eigenvalue weighted by Crippen LogP contribution is -1.84. The number of fused-ring (bicyclic) bond motifs is 1. The zero-order valence-electron chi connectivity index (χ0n) is 9.92. The SMILES string of the molecule is COc1ccc2nc(Sc3nccnc3Cl)[nH]c2c1. The molecule has 0 aliphatic rings. The zero-order chi connectivity index (χ0) is 13.2. The Hall–Kier alpha value is -1.79. The van der Waals surface area contributed by atoms with Crippen LogP contribution in [0.2, 0.25) is 5.15 Å². The van der Waals surface area contributed by atoms with Crippen molar-refractivity contribution >= 4 is 34.4 Å². The van der Waals surface area contributed by atoms with Gasteiger partial charge in [0.25, 0.3) is 0 Å². The zero-order valence-corrected chi connectivity index (χ0v) is 11.5. The number of hydrogen-bond acceptors (Lipinski definition) is 5. The van der Waals surface area contributed by atoms with Crippen molar-refractivity contribution in [3.63, 3.8) is 0 Å². The first-order valence-electron chi connectivity index (χ1n) is 5.44. The number of nitrogens with one attached hydrogen (secondary N) is 1. The number of benzene rings is 1. The lowest BCUT2D eigenvalue weighted by atomic mass is 10.3. The number of methoxy groups -OCH3 is 1. The van der Waals surface area contributed by atoms with Gasteiger partial charge in [0, 0.05) is 18.5 Å². The summed E-state index contributed by atoms with van der Waals surface area (Å²) in [6, 6.07) is 5.66. The second-order valence-corrected chi connectivity index (χ2v) is 5.01. The van der Waals surface area contributed by atoms with Gasteiger partial charge in [0.15, 0.2) is 10.3 Å². The second-order valence-electron chi connectivity index (χ2n) is 3.68. The molecular weight excluding hydrogens is 284 g/mol. The number of halogens is 1. The first-order valence-corrected chi connectivity index (χ1v) is 6.64. The minimum absolute atomic E-state index is 0.366. The molecule has 0 spiro atoms. The maximum absolute atomic E-state index is 5.96. The number of rotatable bonds is 3. The molecule has 0 fully saturated rings. The molecule has 0 saturated heterocycles. The largest absolute Gasteiger partial charge is 0.497 e. The van der Waals surface area contributed by atoms with E-state index in [1.54, 1.807) is 19.5 Å². The second kappa shape index (κ2) is 5.07. The molecule has 0 bridgehead atoms. The summed E-state index contributed by atoms with van der Waals surface area (Å²) in [6.45, 7) is 0. The molecule has 2 heterocycles. The highest BCUT2D eigenvalue weighted by molar-refractivity contribution is 7.99. The summed E-state index contributed by atoms with van der Waals surface area (Å²) < 4.78 is 5.17. The number of imidazole rings is 1. The van der Waals surface area contributed by atoms with Crippen LogP contribution in [0.3, 0.4) is 0 Å². The Kier molecular flexibility index (Phi) is 3.27. The van der Waals surface area contributed by atoms with Crippen LogP contribution in [-0.2, 0) is 0 Å². The van der Waals surface area contributed by atoms with Crippen LogP contribution in [-0.4, -0.2) is 27.0 Å². The predicted molar refractivity (Wildman–Crippen MR) is 73.8 cm³/mol. The van der Waals surface area contributed by atoms with E-state index in [2.05, 4.69) is 19.9 Å². The Morgan fingerprint density at radius 2 is 2.11 bits per heavy atom. The fourth-order valence-electron chi connectivity index (χ4n) is 1.61. The smallest absolute Gasteiger partial charge is 0.172 e. The van der Waals surface area contributed by atoms with Crippen LogP contribution < -0.4 is 4.74 Å². The lowest BCUT2D eigenvalue weighted by molar-refractivity contribution is 0.415. The molecule has 0 radical (unpaired) electrons. The Balaban J connectivity index is 1.95. The molecule has 1 N–H and O–H groups in total. The normalized spacial score (nSPS) is 10.8. The number of H-pyrrole nitrogens is 1. The van der Waals surface area contributed by atoms with E-state index in [0.717, 1.165) is 16.8 Å². The molecule has 0 aliphatic carbocycles. The quantitative estimate of drug-likeness (QED) is 0.803. The maximum atomic E-state index is 5.96. The molecule has 0 saturated carbocycles. The fraction of sp³-hybridized carbons (Fsp3) is 0.0833. The van der Waals surface area contributed by atoms with Gasteiger partial charge in [-0.2, -0.15) is 0 Å². The van der Waals surface area contributed by atoms with E-state index in [1.165, 1.54) is 11.8 Å². The van der Waals surface area contributed by atoms with E-state index in [4.69, 9.17) is 16.3 Å². The summed E-state index contributed by atoms with van der Waals surface area (Å²) in [5, 5.41) is 1.70. The van der Waals surface area contributed by atoms with Gasteiger partial charge in [-0.1, -0.05) is 11.6 Å². The Bertz CT molecular complexity index is 731. The van der Waals surface area contributed by atoms with Crippen molar-refractivity contribution in [2.75, 3.05) is 7.11 Å². The molecule has 19 heavy (non-hydrogen) atoms. The van der Waals surface area contributed by atoms with Crippen molar-refractivity contribution in [3.8, 4) is 5.75 Å². The summed E-state index contributed by atoms with van der Waals surface area (Å²) in [5.41, 5.74) is 1.77. The van der Waals surface area contributed by atoms with Gasteiger partial charge in [-0.05, 0) is 23.9 Å². The van der Waals surface area contributed by atoms with Gasteiger partial charge in [-0.3, -0.25) is 0 Å². The standard InChI is InChI=1S/C12H9ClN4OS/c1-18-7-2-3-8-9(6-7)17-12(16-8)19-11-10(13)14-4-5-15-11/h2-6H,1H3,(H,16,17). The molecule has 3 rings (SSSR count). The van der Waals surface area contributed by atoms with Gasteiger partial charge in [0.05, 0.1) is 18.1 Å². The Labute approximate surface area is 118 Å². The van der Waals surface area contributed by atoms with Crippen LogP contribution in [0.1, 0.15) is 0 Å². The van der Waals surface area contributed by atoms with Gasteiger partial charge >= 0.3 is 0 Å². The van der Waals surface area contributed by atoms with E-state index in [0.29, 0.717) is 15.3 Å². The van der Waals surface area contributed by atoms with E-state index in [-0.39, 0.29) is 0 Å². The molecule has 0 aliphatic heterocycles. The highest BCUT2D eigenvalue weighted by Crippen LogP contribution is 2.30. The first kappa shape index (κ1) is 12.3. The molecule has 0 amide bonds. The van der Waals surface area contributed by atoms with Gasteiger partial charge in [0.1, 0.15) is 10.8 Å². The van der Waals surface area contributed by atoms with Gasteiger partial charge in [0.2, 0.25) is 0 Å². The monoisotopic (exact) mass is 292 g/mol. The molecule has 1 aromatic carbocycles. The van der Waals surface area contributed by atoms with Crippen molar-refractivity contribution in [2.45, 2.75) is 10.2 Å². The van der Waals surface area contributed by atoms with Crippen molar-refractivity contribution in [2.24, 2.45) is 0 Å². The summed E-state index contributed by atoms with van der Waals surface area (Å²) in [5.74, 6) is 0.783. The Morgan fingerprint density at radius 1 is 1.26 bits per heavy atom. The number of hydrogen-bond donors (Lipinski definition) is 1. The Morgan fingerprint density at radius 3 is 2.89 bits per heavy atom. The molecular formula is C12H9ClN4OS. The number of ether oxygens (including phenoxy) is 1. The third-order valence-electron chi connectivity index (χ3n) is 2.48. The molecule has 96 valence electrons. The lowest BCUT2D eigenvalue weighted by Gasteiger charge is -1.97. The maximum Gasteiger partial charge on any atom is 0.172 e. The number of nitrogens with zero attached hydrogens (tertiary/aromatic N) is 3. The summed E-state index contributed by atoms with van der Waals surface area (Å²) in [4.78, 5) is 15.8. The first-order chi connectivity index (χ1) is 9.26. The third-order valence-corrected chi connectivity index (χ3v) is 3.75. The van der Waals surface area contributed by atoms with Crippen LogP contribution in [0.5, 0.6) is 5.75 Å². The molecule has 0 unspecified atom stereocenters. The van der Waals surface area contributed by atoms with E-state index >= 15 is 0 Å². The van der Waals surface area contributed by atoms with E-state index in [1.807, 2.05) is 18.2 Å². The number of aromatic nitrogens is 4. The van der Waals surface area contributed by atoms with Gasteiger partial charge < -0.3 is 9.72 Å². The molecule has 5 nitrogen and oxygen atoms in total. The molecule has 2 aromatic heterocycles. The highest BCUT2D eigenvalue weighted by Gasteiger charge is 2.09. The topological polar surface area (TPSA) is 63.7 Å². The molecule has 7 heteroatoms. The number of aromatic amines is 1.